The summed E-state index contributed by atoms with van der Waals surface area (Å²) in [5.41, 5.74) is -3.99. The third kappa shape index (κ3) is 5.24. The van der Waals surface area contributed by atoms with Crippen LogP contribution in [0.15, 0.2) is 67.3 Å². The zero-order valence-corrected chi connectivity index (χ0v) is 21.1. The van der Waals surface area contributed by atoms with Crippen LogP contribution in [-0.4, -0.2) is 63.0 Å². The number of halogens is 6. The van der Waals surface area contributed by atoms with Crippen molar-refractivity contribution in [3.05, 3.63) is 83.9 Å². The standard InChI is InChI=1S/C27H25F6N5O2/c28-26(29,30)20-14-19(15-21(16-20)27(31,32)33)23(39)36-9-6-25(7-10-36)24(40)37(13-12-35-11-8-34-17-35)18-38(25)22-4-2-1-3-5-22/h1-5,8,11,14-17H,6-7,9-10,12-13,18H2. The molecule has 1 aromatic heterocycles. The minimum atomic E-state index is -5.06. The van der Waals surface area contributed by atoms with Crippen LogP contribution < -0.4 is 4.90 Å². The maximum absolute atomic E-state index is 13.8. The minimum Gasteiger partial charge on any atom is -0.339 e. The van der Waals surface area contributed by atoms with Crippen molar-refractivity contribution in [2.24, 2.45) is 0 Å². The third-order valence-corrected chi connectivity index (χ3v) is 7.48. The summed E-state index contributed by atoms with van der Waals surface area (Å²) in [6, 6.07) is 10.1. The van der Waals surface area contributed by atoms with Crippen LogP contribution >= 0.6 is 0 Å². The number of imidazole rings is 1. The van der Waals surface area contributed by atoms with E-state index in [0.717, 1.165) is 5.69 Å². The average Bonchev–Trinajstić information content (AvgIpc) is 3.54. The lowest BCUT2D eigenvalue weighted by Gasteiger charge is -2.43. The summed E-state index contributed by atoms with van der Waals surface area (Å²) >= 11 is 0. The molecule has 0 saturated carbocycles. The van der Waals surface area contributed by atoms with Crippen LogP contribution in [-0.2, 0) is 23.7 Å². The van der Waals surface area contributed by atoms with Gasteiger partial charge >= 0.3 is 12.4 Å². The molecule has 2 aliphatic heterocycles. The third-order valence-electron chi connectivity index (χ3n) is 7.48. The van der Waals surface area contributed by atoms with E-state index in [-0.39, 0.29) is 37.9 Å². The number of rotatable bonds is 5. The maximum atomic E-state index is 13.8. The summed E-state index contributed by atoms with van der Waals surface area (Å²) in [4.78, 5) is 35.9. The van der Waals surface area contributed by atoms with Gasteiger partial charge in [-0.25, -0.2) is 4.98 Å². The van der Waals surface area contributed by atoms with Gasteiger partial charge in [0.25, 0.3) is 5.91 Å². The molecule has 3 heterocycles. The molecule has 0 aliphatic carbocycles. The lowest BCUT2D eigenvalue weighted by molar-refractivity contribution is -0.143. The van der Waals surface area contributed by atoms with E-state index < -0.39 is 40.5 Å². The number of nitrogens with zero attached hydrogens (tertiary/aromatic N) is 5. The van der Waals surface area contributed by atoms with Crippen LogP contribution in [0.2, 0.25) is 0 Å². The van der Waals surface area contributed by atoms with Gasteiger partial charge in [-0.1, -0.05) is 18.2 Å². The number of aromatic nitrogens is 2. The Balaban J connectivity index is 1.38. The fraction of sp³-hybridized carbons (Fsp3) is 0.370. The van der Waals surface area contributed by atoms with Crippen LogP contribution in [0, 0.1) is 0 Å². The second-order valence-corrected chi connectivity index (χ2v) is 9.89. The van der Waals surface area contributed by atoms with Crippen molar-refractivity contribution in [3.8, 4) is 0 Å². The molecule has 13 heteroatoms. The molecule has 5 rings (SSSR count). The van der Waals surface area contributed by atoms with E-state index in [0.29, 0.717) is 31.9 Å². The van der Waals surface area contributed by atoms with Crippen molar-refractivity contribution in [1.82, 2.24) is 19.4 Å². The predicted molar refractivity (Wildman–Crippen MR) is 132 cm³/mol. The van der Waals surface area contributed by atoms with Crippen LogP contribution in [0.1, 0.15) is 34.3 Å². The summed E-state index contributed by atoms with van der Waals surface area (Å²) in [5.74, 6) is -1.08. The number of hydrogen-bond acceptors (Lipinski definition) is 4. The van der Waals surface area contributed by atoms with Crippen molar-refractivity contribution < 1.29 is 35.9 Å². The molecule has 3 aromatic rings. The molecular weight excluding hydrogens is 540 g/mol. The van der Waals surface area contributed by atoms with Crippen molar-refractivity contribution in [2.75, 3.05) is 31.2 Å². The Kier molecular flexibility index (Phi) is 7.01. The number of likely N-dealkylation sites (tertiary alicyclic amines) is 1. The molecule has 0 unspecified atom stereocenters. The Bertz CT molecular complexity index is 1330. The van der Waals surface area contributed by atoms with Crippen molar-refractivity contribution in [3.63, 3.8) is 0 Å². The molecule has 0 N–H and O–H groups in total. The van der Waals surface area contributed by atoms with Gasteiger partial charge in [0.2, 0.25) is 5.91 Å². The van der Waals surface area contributed by atoms with Crippen LogP contribution in [0.25, 0.3) is 0 Å². The molecule has 7 nitrogen and oxygen atoms in total. The second-order valence-electron chi connectivity index (χ2n) is 9.89. The normalized spacial score (nSPS) is 17.6. The van der Waals surface area contributed by atoms with E-state index >= 15 is 0 Å². The smallest absolute Gasteiger partial charge is 0.339 e. The first-order valence-electron chi connectivity index (χ1n) is 12.5. The van der Waals surface area contributed by atoms with Gasteiger partial charge in [0.1, 0.15) is 5.54 Å². The number of alkyl halides is 6. The van der Waals surface area contributed by atoms with Gasteiger partial charge < -0.3 is 19.3 Å². The van der Waals surface area contributed by atoms with E-state index in [2.05, 4.69) is 4.98 Å². The van der Waals surface area contributed by atoms with Crippen molar-refractivity contribution in [2.45, 2.75) is 37.3 Å². The molecule has 2 fully saturated rings. The average molecular weight is 566 g/mol. The quantitative estimate of drug-likeness (QED) is 0.413. The molecule has 40 heavy (non-hydrogen) atoms. The van der Waals surface area contributed by atoms with E-state index in [1.807, 2.05) is 39.8 Å². The maximum Gasteiger partial charge on any atom is 0.416 e. The first-order chi connectivity index (χ1) is 18.9. The highest BCUT2D eigenvalue weighted by Gasteiger charge is 2.54. The molecule has 0 radical (unpaired) electrons. The zero-order chi connectivity index (χ0) is 28.7. The highest BCUT2D eigenvalue weighted by Crippen LogP contribution is 2.41. The summed E-state index contributed by atoms with van der Waals surface area (Å²) in [6.45, 7) is 1.20. The Morgan fingerprint density at radius 2 is 1.52 bits per heavy atom. The Labute approximate surface area is 225 Å². The predicted octanol–water partition coefficient (Wildman–Crippen LogP) is 4.90. The molecule has 2 aromatic carbocycles. The zero-order valence-electron chi connectivity index (χ0n) is 21.1. The number of para-hydroxylation sites is 1. The largest absolute Gasteiger partial charge is 0.416 e. The molecule has 2 aliphatic rings. The van der Waals surface area contributed by atoms with Gasteiger partial charge in [-0.3, -0.25) is 9.59 Å². The number of anilines is 1. The van der Waals surface area contributed by atoms with Gasteiger partial charge in [-0.2, -0.15) is 26.3 Å². The molecule has 1 spiro atoms. The van der Waals surface area contributed by atoms with Gasteiger partial charge in [0.05, 0.1) is 24.1 Å². The second kappa shape index (κ2) is 10.2. The Morgan fingerprint density at radius 1 is 0.900 bits per heavy atom. The fourth-order valence-corrected chi connectivity index (χ4v) is 5.37. The molecular formula is C27H25F6N5O2. The van der Waals surface area contributed by atoms with Gasteiger partial charge in [-0.05, 0) is 43.2 Å². The van der Waals surface area contributed by atoms with Crippen molar-refractivity contribution >= 4 is 17.5 Å². The number of piperidine rings is 1. The summed E-state index contributed by atoms with van der Waals surface area (Å²) in [7, 11) is 0. The molecule has 212 valence electrons. The number of benzene rings is 2. The topological polar surface area (TPSA) is 61.7 Å². The van der Waals surface area contributed by atoms with Gasteiger partial charge in [-0.15, -0.1) is 0 Å². The van der Waals surface area contributed by atoms with Crippen molar-refractivity contribution in [1.29, 1.82) is 0 Å². The number of carbonyl (C=O) groups is 2. The van der Waals surface area contributed by atoms with Crippen LogP contribution in [0.4, 0.5) is 32.0 Å². The van der Waals surface area contributed by atoms with E-state index in [1.54, 1.807) is 23.6 Å². The molecule has 2 amide bonds. The van der Waals surface area contributed by atoms with Crippen LogP contribution in [0.5, 0.6) is 0 Å². The molecule has 0 bridgehead atoms. The Morgan fingerprint density at radius 3 is 2.08 bits per heavy atom. The van der Waals surface area contributed by atoms with E-state index in [1.165, 1.54) is 4.90 Å². The van der Waals surface area contributed by atoms with E-state index in [4.69, 9.17) is 0 Å². The minimum absolute atomic E-state index is 0.00467. The van der Waals surface area contributed by atoms with Gasteiger partial charge in [0.15, 0.2) is 0 Å². The van der Waals surface area contributed by atoms with E-state index in [9.17, 15) is 35.9 Å². The fourth-order valence-electron chi connectivity index (χ4n) is 5.37. The number of amides is 2. The van der Waals surface area contributed by atoms with Gasteiger partial charge in [0, 0.05) is 49.8 Å². The summed E-state index contributed by atoms with van der Waals surface area (Å²) < 4.78 is 81.8. The first-order valence-corrected chi connectivity index (χ1v) is 12.5. The summed E-state index contributed by atoms with van der Waals surface area (Å²) in [5, 5.41) is 0. The summed E-state index contributed by atoms with van der Waals surface area (Å²) in [6.07, 6.45) is -4.72. The lowest BCUT2D eigenvalue weighted by atomic mass is 9.85. The highest BCUT2D eigenvalue weighted by molar-refractivity contribution is 5.96. The SMILES string of the molecule is O=C(c1cc(C(F)(F)F)cc(C(F)(F)F)c1)N1CCC2(CC1)C(=O)N(CCn1ccnc1)CN2c1ccccc1. The first kappa shape index (κ1) is 27.5. The van der Waals surface area contributed by atoms with Crippen LogP contribution in [0.3, 0.4) is 0 Å². The molecule has 2 saturated heterocycles. The monoisotopic (exact) mass is 565 g/mol. The number of hydrogen-bond donors (Lipinski definition) is 0. The number of carbonyl (C=O) groups excluding carboxylic acids is 2. The Hall–Kier alpha value is -4.03. The highest BCUT2D eigenvalue weighted by atomic mass is 19.4. The molecule has 0 atom stereocenters. The lowest BCUT2D eigenvalue weighted by Crippen LogP contribution is -2.57.